The van der Waals surface area contributed by atoms with Crippen LogP contribution in [0.25, 0.3) is 33.1 Å². The van der Waals surface area contributed by atoms with E-state index in [1.165, 1.54) is 0 Å². The second kappa shape index (κ2) is 5.49. The zero-order valence-electron chi connectivity index (χ0n) is 13.2. The molecule has 24 heavy (non-hydrogen) atoms. The zero-order chi connectivity index (χ0) is 16.7. The first-order chi connectivity index (χ1) is 11.7. The van der Waals surface area contributed by atoms with Crippen LogP contribution in [0.15, 0.2) is 54.6 Å². The number of fused-ring (bicyclic) bond motifs is 3. The first-order valence-electron chi connectivity index (χ1n) is 7.92. The van der Waals surface area contributed by atoms with Crippen molar-refractivity contribution in [3.8, 4) is 11.3 Å². The molecule has 0 aliphatic rings. The van der Waals surface area contributed by atoms with Gasteiger partial charge in [0.2, 0.25) is 0 Å². The molecule has 0 aliphatic carbocycles. The van der Waals surface area contributed by atoms with E-state index >= 15 is 0 Å². The number of aromatic amines is 1. The van der Waals surface area contributed by atoms with Crippen molar-refractivity contribution in [3.63, 3.8) is 0 Å². The third kappa shape index (κ3) is 2.15. The van der Waals surface area contributed by atoms with Crippen LogP contribution in [-0.2, 0) is 6.42 Å². The summed E-state index contributed by atoms with van der Waals surface area (Å²) >= 11 is 0. The van der Waals surface area contributed by atoms with E-state index in [4.69, 9.17) is 0 Å². The molecule has 4 heteroatoms. The highest BCUT2D eigenvalue weighted by Gasteiger charge is 2.17. The number of nitrogens with zero attached hydrogens (tertiary/aromatic N) is 1. The van der Waals surface area contributed by atoms with Crippen molar-refractivity contribution < 1.29 is 9.90 Å². The largest absolute Gasteiger partial charge is 0.477 e. The van der Waals surface area contributed by atoms with Crippen LogP contribution >= 0.6 is 0 Å². The minimum atomic E-state index is -1.02. The van der Waals surface area contributed by atoms with E-state index in [1.54, 1.807) is 6.07 Å². The van der Waals surface area contributed by atoms with Crippen LogP contribution in [0.4, 0.5) is 0 Å². The Hall–Kier alpha value is -3.14. The smallest absolute Gasteiger partial charge is 0.354 e. The Kier molecular flexibility index (Phi) is 3.31. The van der Waals surface area contributed by atoms with Crippen LogP contribution < -0.4 is 0 Å². The Morgan fingerprint density at radius 2 is 1.83 bits per heavy atom. The molecule has 2 N–H and O–H groups in total. The maximum Gasteiger partial charge on any atom is 0.354 e. The maximum absolute atomic E-state index is 11.6. The zero-order valence-corrected chi connectivity index (χ0v) is 13.2. The van der Waals surface area contributed by atoms with Gasteiger partial charge in [-0.2, -0.15) is 0 Å². The highest BCUT2D eigenvalue weighted by Crippen LogP contribution is 2.34. The van der Waals surface area contributed by atoms with Gasteiger partial charge in [0, 0.05) is 21.9 Å². The molecule has 118 valence electrons. The van der Waals surface area contributed by atoms with Crippen molar-refractivity contribution in [1.29, 1.82) is 0 Å². The van der Waals surface area contributed by atoms with Crippen LogP contribution in [0.3, 0.4) is 0 Å². The third-order valence-corrected chi connectivity index (χ3v) is 4.37. The summed E-state index contributed by atoms with van der Waals surface area (Å²) in [4.78, 5) is 19.4. The van der Waals surface area contributed by atoms with E-state index in [9.17, 15) is 9.90 Å². The van der Waals surface area contributed by atoms with Crippen molar-refractivity contribution in [2.24, 2.45) is 0 Å². The van der Waals surface area contributed by atoms with Crippen LogP contribution in [0.1, 0.15) is 23.0 Å². The number of carboxylic acid groups (broad SMARTS) is 1. The van der Waals surface area contributed by atoms with E-state index < -0.39 is 5.97 Å². The van der Waals surface area contributed by atoms with Gasteiger partial charge in [-0.15, -0.1) is 0 Å². The molecule has 0 radical (unpaired) electrons. The number of carbonyl (C=O) groups is 1. The lowest BCUT2D eigenvalue weighted by atomic mass is 10.00. The summed E-state index contributed by atoms with van der Waals surface area (Å²) in [6.45, 7) is 2.09. The van der Waals surface area contributed by atoms with Crippen molar-refractivity contribution in [3.05, 3.63) is 65.9 Å². The molecule has 0 fully saturated rings. The molecule has 0 amide bonds. The highest BCUT2D eigenvalue weighted by molar-refractivity contribution is 6.12. The summed E-state index contributed by atoms with van der Waals surface area (Å²) < 4.78 is 0. The predicted octanol–water partition coefficient (Wildman–Crippen LogP) is 4.64. The number of rotatable bonds is 3. The van der Waals surface area contributed by atoms with Gasteiger partial charge >= 0.3 is 5.97 Å². The SMILES string of the molecule is CCc1ccccc1-c1nc(C(=O)O)cc2c1[nH]c1ccccc12. The molecule has 0 saturated heterocycles. The number of hydrogen-bond acceptors (Lipinski definition) is 2. The van der Waals surface area contributed by atoms with Gasteiger partial charge in [-0.25, -0.2) is 9.78 Å². The number of H-pyrrole nitrogens is 1. The van der Waals surface area contributed by atoms with Crippen LogP contribution in [-0.4, -0.2) is 21.0 Å². The van der Waals surface area contributed by atoms with Crippen molar-refractivity contribution in [2.45, 2.75) is 13.3 Å². The molecule has 4 nitrogen and oxygen atoms in total. The summed E-state index contributed by atoms with van der Waals surface area (Å²) in [5.41, 5.74) is 4.73. The number of aromatic carboxylic acids is 1. The Morgan fingerprint density at radius 1 is 1.08 bits per heavy atom. The van der Waals surface area contributed by atoms with E-state index in [2.05, 4.69) is 23.0 Å². The lowest BCUT2D eigenvalue weighted by Gasteiger charge is -2.09. The number of para-hydroxylation sites is 1. The number of pyridine rings is 1. The molecule has 0 aliphatic heterocycles. The van der Waals surface area contributed by atoms with Crippen LogP contribution in [0.5, 0.6) is 0 Å². The van der Waals surface area contributed by atoms with E-state index in [0.717, 1.165) is 39.4 Å². The second-order valence-corrected chi connectivity index (χ2v) is 5.77. The second-order valence-electron chi connectivity index (χ2n) is 5.77. The van der Waals surface area contributed by atoms with Crippen LogP contribution in [0, 0.1) is 0 Å². The molecule has 2 aromatic heterocycles. The molecule has 0 atom stereocenters. The van der Waals surface area contributed by atoms with Gasteiger partial charge in [-0.05, 0) is 24.1 Å². The van der Waals surface area contributed by atoms with Crippen molar-refractivity contribution in [2.75, 3.05) is 0 Å². The van der Waals surface area contributed by atoms with Gasteiger partial charge in [0.15, 0.2) is 0 Å². The standard InChI is InChI=1S/C20H16N2O2/c1-2-12-7-3-4-8-13(12)18-19-15(11-17(22-18)20(23)24)14-9-5-6-10-16(14)21-19/h3-11,21H,2H2,1H3,(H,23,24). The molecule has 4 rings (SSSR count). The molecular formula is C20H16N2O2. The monoisotopic (exact) mass is 316 g/mol. The molecule has 2 aromatic carbocycles. The fourth-order valence-corrected chi connectivity index (χ4v) is 3.21. The van der Waals surface area contributed by atoms with Crippen molar-refractivity contribution in [1.82, 2.24) is 9.97 Å². The normalized spacial score (nSPS) is 11.2. The van der Waals surface area contributed by atoms with Gasteiger partial charge in [-0.3, -0.25) is 0 Å². The average Bonchev–Trinajstić information content (AvgIpc) is 2.99. The fraction of sp³-hybridized carbons (Fsp3) is 0.100. The number of carboxylic acids is 1. The average molecular weight is 316 g/mol. The lowest BCUT2D eigenvalue weighted by Crippen LogP contribution is -2.02. The van der Waals surface area contributed by atoms with Gasteiger partial charge in [0.1, 0.15) is 5.69 Å². The molecule has 0 unspecified atom stereocenters. The maximum atomic E-state index is 11.6. The van der Waals surface area contributed by atoms with E-state index in [1.807, 2.05) is 42.5 Å². The predicted molar refractivity (Wildman–Crippen MR) is 95.4 cm³/mol. The molecular weight excluding hydrogens is 300 g/mol. The molecule has 2 heterocycles. The molecule has 0 spiro atoms. The lowest BCUT2D eigenvalue weighted by molar-refractivity contribution is 0.0691. The molecule has 0 saturated carbocycles. The van der Waals surface area contributed by atoms with Crippen molar-refractivity contribution >= 4 is 27.8 Å². The summed E-state index contributed by atoms with van der Waals surface area (Å²) in [5, 5.41) is 11.4. The number of hydrogen-bond donors (Lipinski definition) is 2. The number of benzene rings is 2. The first kappa shape index (κ1) is 14.5. The van der Waals surface area contributed by atoms with E-state index in [-0.39, 0.29) is 5.69 Å². The Morgan fingerprint density at radius 3 is 2.62 bits per heavy atom. The number of nitrogens with one attached hydrogen (secondary N) is 1. The molecule has 4 aromatic rings. The van der Waals surface area contributed by atoms with Gasteiger partial charge in [0.05, 0.1) is 11.2 Å². The number of aryl methyl sites for hydroxylation is 1. The highest BCUT2D eigenvalue weighted by atomic mass is 16.4. The summed E-state index contributed by atoms with van der Waals surface area (Å²) in [7, 11) is 0. The Bertz CT molecular complexity index is 1080. The topological polar surface area (TPSA) is 66.0 Å². The number of aromatic nitrogens is 2. The van der Waals surface area contributed by atoms with Crippen LogP contribution in [0.2, 0.25) is 0 Å². The van der Waals surface area contributed by atoms with Gasteiger partial charge in [0.25, 0.3) is 0 Å². The third-order valence-electron chi connectivity index (χ3n) is 4.37. The summed E-state index contributed by atoms with van der Waals surface area (Å²) in [5.74, 6) is -1.02. The quantitative estimate of drug-likeness (QED) is 0.578. The van der Waals surface area contributed by atoms with Gasteiger partial charge < -0.3 is 10.1 Å². The summed E-state index contributed by atoms with van der Waals surface area (Å²) in [6, 6.07) is 17.6. The minimum Gasteiger partial charge on any atom is -0.477 e. The Balaban J connectivity index is 2.15. The molecule has 0 bridgehead atoms. The van der Waals surface area contributed by atoms with Gasteiger partial charge in [-0.1, -0.05) is 49.4 Å². The minimum absolute atomic E-state index is 0.0631. The van der Waals surface area contributed by atoms with E-state index in [0.29, 0.717) is 5.69 Å². The summed E-state index contributed by atoms with van der Waals surface area (Å²) in [6.07, 6.45) is 0.858. The first-order valence-corrected chi connectivity index (χ1v) is 7.92. The fourth-order valence-electron chi connectivity index (χ4n) is 3.21. The Labute approximate surface area is 138 Å².